The Morgan fingerprint density at radius 1 is 1.22 bits per heavy atom. The molecule has 3 aromatic rings. The Bertz CT molecular complexity index is 1250. The summed E-state index contributed by atoms with van der Waals surface area (Å²) < 4.78 is 34.2. The Balaban J connectivity index is 2.28. The van der Waals surface area contributed by atoms with Crippen LogP contribution in [0.1, 0.15) is 40.4 Å². The number of nitrogens with one attached hydrogen (secondary N) is 2. The van der Waals surface area contributed by atoms with Crippen molar-refractivity contribution >= 4 is 43.7 Å². The molecule has 0 unspecified atom stereocenters. The quantitative estimate of drug-likeness (QED) is 0.506. The molecule has 0 fully saturated rings. The van der Waals surface area contributed by atoms with Crippen molar-refractivity contribution in [3.8, 4) is 0 Å². The van der Waals surface area contributed by atoms with Gasteiger partial charge in [0.05, 0.1) is 17.3 Å². The Kier molecular flexibility index (Phi) is 6.87. The first-order valence-corrected chi connectivity index (χ1v) is 12.5. The molecule has 174 valence electrons. The van der Waals surface area contributed by atoms with E-state index in [1.807, 2.05) is 63.5 Å². The zero-order valence-electron chi connectivity index (χ0n) is 19.4. The smallest absolute Gasteiger partial charge is 0.228 e. The van der Waals surface area contributed by atoms with Gasteiger partial charge in [-0.15, -0.1) is 0 Å². The third kappa shape index (κ3) is 5.43. The van der Waals surface area contributed by atoms with Gasteiger partial charge in [-0.3, -0.25) is 4.79 Å². The van der Waals surface area contributed by atoms with E-state index in [1.54, 1.807) is 0 Å². The molecule has 2 N–H and O–H groups in total. The van der Waals surface area contributed by atoms with Gasteiger partial charge in [-0.05, 0) is 26.8 Å². The van der Waals surface area contributed by atoms with Crippen LogP contribution in [0.3, 0.4) is 0 Å². The van der Waals surface area contributed by atoms with Crippen molar-refractivity contribution in [1.29, 1.82) is 0 Å². The molecule has 2 aromatic heterocycles. The van der Waals surface area contributed by atoms with Crippen LogP contribution in [0.15, 0.2) is 24.3 Å². The summed E-state index contributed by atoms with van der Waals surface area (Å²) >= 11 is 0. The van der Waals surface area contributed by atoms with E-state index < -0.39 is 15.6 Å². The lowest BCUT2D eigenvalue weighted by atomic mass is 10.1. The molecule has 0 saturated heterocycles. The van der Waals surface area contributed by atoms with Gasteiger partial charge in [-0.25, -0.2) is 23.1 Å². The van der Waals surface area contributed by atoms with Crippen molar-refractivity contribution in [2.45, 2.75) is 53.3 Å². The minimum absolute atomic E-state index is 0.158. The van der Waals surface area contributed by atoms with Gasteiger partial charge in [0.25, 0.3) is 0 Å². The number of rotatable bonds is 9. The van der Waals surface area contributed by atoms with Crippen molar-refractivity contribution in [3.05, 3.63) is 30.1 Å². The summed E-state index contributed by atoms with van der Waals surface area (Å²) in [6.45, 7) is 10.2. The molecule has 0 aliphatic rings. The highest BCUT2D eigenvalue weighted by Gasteiger charge is 2.27. The fourth-order valence-electron chi connectivity index (χ4n) is 3.63. The number of ether oxygens (including phenoxy) is 1. The SMILES string of the molecule is CCOCc1nc2c(NC(=O)C(C)C)nc3ccccc3c2n1CC(C)(C)NS(C)(=O)=O. The van der Waals surface area contributed by atoms with Gasteiger partial charge in [0, 0.05) is 30.0 Å². The summed E-state index contributed by atoms with van der Waals surface area (Å²) in [6.07, 6.45) is 1.14. The van der Waals surface area contributed by atoms with Crippen molar-refractivity contribution in [2.24, 2.45) is 5.92 Å². The second kappa shape index (κ2) is 9.13. The largest absolute Gasteiger partial charge is 0.374 e. The van der Waals surface area contributed by atoms with E-state index in [1.165, 1.54) is 0 Å². The molecule has 0 atom stereocenters. The lowest BCUT2D eigenvalue weighted by Crippen LogP contribution is -2.46. The van der Waals surface area contributed by atoms with Crippen molar-refractivity contribution < 1.29 is 17.9 Å². The number of imidazole rings is 1. The fourth-order valence-corrected chi connectivity index (χ4v) is 4.70. The fraction of sp³-hybridized carbons (Fsp3) is 0.500. The maximum Gasteiger partial charge on any atom is 0.228 e. The van der Waals surface area contributed by atoms with Crippen LogP contribution in [0.5, 0.6) is 0 Å². The Morgan fingerprint density at radius 2 is 1.91 bits per heavy atom. The number of fused-ring (bicyclic) bond motifs is 3. The number of anilines is 1. The van der Waals surface area contributed by atoms with E-state index in [0.717, 1.165) is 17.2 Å². The molecule has 0 radical (unpaired) electrons. The molecule has 0 spiro atoms. The molecule has 0 saturated carbocycles. The third-order valence-electron chi connectivity index (χ3n) is 4.88. The number of aromatic nitrogens is 3. The molecule has 0 aliphatic heterocycles. The van der Waals surface area contributed by atoms with Crippen molar-refractivity contribution in [3.63, 3.8) is 0 Å². The number of carbonyl (C=O) groups is 1. The third-order valence-corrected chi connectivity index (χ3v) is 5.80. The molecular formula is C22H31N5O4S. The monoisotopic (exact) mass is 461 g/mol. The van der Waals surface area contributed by atoms with Crippen LogP contribution in [0, 0.1) is 5.92 Å². The van der Waals surface area contributed by atoms with Gasteiger partial charge in [0.2, 0.25) is 15.9 Å². The van der Waals surface area contributed by atoms with Crippen molar-refractivity contribution in [2.75, 3.05) is 18.2 Å². The summed E-state index contributed by atoms with van der Waals surface area (Å²) in [5, 5.41) is 3.75. The van der Waals surface area contributed by atoms with E-state index in [4.69, 9.17) is 9.72 Å². The van der Waals surface area contributed by atoms with Crippen LogP contribution in [0.4, 0.5) is 5.82 Å². The number of pyridine rings is 1. The molecular weight excluding hydrogens is 430 g/mol. The van der Waals surface area contributed by atoms with Crippen LogP contribution >= 0.6 is 0 Å². The summed E-state index contributed by atoms with van der Waals surface area (Å²) in [6, 6.07) is 7.61. The first-order valence-electron chi connectivity index (χ1n) is 10.6. The summed E-state index contributed by atoms with van der Waals surface area (Å²) in [7, 11) is -3.43. The number of benzene rings is 1. The highest BCUT2D eigenvalue weighted by molar-refractivity contribution is 7.88. The van der Waals surface area contributed by atoms with Gasteiger partial charge < -0.3 is 14.6 Å². The normalized spacial score (nSPS) is 12.7. The number of hydrogen-bond donors (Lipinski definition) is 2. The Hall–Kier alpha value is -2.56. The molecule has 32 heavy (non-hydrogen) atoms. The second-order valence-corrected chi connectivity index (χ2v) is 10.6. The van der Waals surface area contributed by atoms with E-state index in [2.05, 4.69) is 15.0 Å². The van der Waals surface area contributed by atoms with E-state index in [0.29, 0.717) is 35.8 Å². The molecule has 10 heteroatoms. The van der Waals surface area contributed by atoms with Crippen LogP contribution in [0.25, 0.3) is 21.9 Å². The average molecular weight is 462 g/mol. The molecule has 1 amide bonds. The average Bonchev–Trinajstić information content (AvgIpc) is 3.02. The molecule has 2 heterocycles. The molecule has 1 aromatic carbocycles. The van der Waals surface area contributed by atoms with E-state index >= 15 is 0 Å². The summed E-state index contributed by atoms with van der Waals surface area (Å²) in [5.41, 5.74) is 1.22. The highest BCUT2D eigenvalue weighted by atomic mass is 32.2. The lowest BCUT2D eigenvalue weighted by Gasteiger charge is -2.27. The van der Waals surface area contributed by atoms with Gasteiger partial charge in [0.1, 0.15) is 17.9 Å². The Labute approximate surface area is 188 Å². The molecule has 9 nitrogen and oxygen atoms in total. The van der Waals surface area contributed by atoms with E-state index in [9.17, 15) is 13.2 Å². The summed E-state index contributed by atoms with van der Waals surface area (Å²) in [5.74, 6) is 0.626. The van der Waals surface area contributed by atoms with Crippen LogP contribution in [-0.2, 0) is 32.7 Å². The van der Waals surface area contributed by atoms with Crippen LogP contribution in [0.2, 0.25) is 0 Å². The minimum atomic E-state index is -3.43. The maximum atomic E-state index is 12.5. The zero-order chi connectivity index (χ0) is 23.7. The molecule has 0 aliphatic carbocycles. The maximum absolute atomic E-state index is 12.5. The van der Waals surface area contributed by atoms with E-state index in [-0.39, 0.29) is 18.4 Å². The predicted octanol–water partition coefficient (Wildman–Crippen LogP) is 3.04. The number of sulfonamides is 1. The Morgan fingerprint density at radius 3 is 2.53 bits per heavy atom. The van der Waals surface area contributed by atoms with Crippen molar-refractivity contribution in [1.82, 2.24) is 19.3 Å². The highest BCUT2D eigenvalue weighted by Crippen LogP contribution is 2.31. The minimum Gasteiger partial charge on any atom is -0.374 e. The summed E-state index contributed by atoms with van der Waals surface area (Å²) in [4.78, 5) is 21.9. The van der Waals surface area contributed by atoms with Gasteiger partial charge in [-0.1, -0.05) is 32.0 Å². The number of nitrogens with zero attached hydrogens (tertiary/aromatic N) is 3. The van der Waals surface area contributed by atoms with Crippen LogP contribution < -0.4 is 10.0 Å². The van der Waals surface area contributed by atoms with Gasteiger partial charge in [0.15, 0.2) is 5.82 Å². The first kappa shape index (κ1) is 24.1. The standard InChI is InChI=1S/C22H31N5O4S/c1-7-31-12-17-24-18-19(27(17)13-22(4,5)26-32(6,29)30)15-10-8-9-11-16(15)23-20(18)25-21(28)14(2)3/h8-11,14,26H,7,12-13H2,1-6H3,(H,23,25,28). The molecule has 0 bridgehead atoms. The molecule has 3 rings (SSSR count). The number of amides is 1. The topological polar surface area (TPSA) is 115 Å². The van der Waals surface area contributed by atoms with Crippen LogP contribution in [-0.4, -0.2) is 47.3 Å². The first-order chi connectivity index (χ1) is 14.9. The lowest BCUT2D eigenvalue weighted by molar-refractivity contribution is -0.118. The predicted molar refractivity (Wildman–Crippen MR) is 126 cm³/mol. The van der Waals surface area contributed by atoms with Gasteiger partial charge >= 0.3 is 0 Å². The zero-order valence-corrected chi connectivity index (χ0v) is 20.2. The second-order valence-electron chi connectivity index (χ2n) is 8.83. The number of hydrogen-bond acceptors (Lipinski definition) is 6. The number of para-hydroxylation sites is 1. The number of carbonyl (C=O) groups excluding carboxylic acids is 1. The van der Waals surface area contributed by atoms with Gasteiger partial charge in [-0.2, -0.15) is 0 Å².